The van der Waals surface area contributed by atoms with Gasteiger partial charge in [-0.05, 0) is 17.7 Å². The predicted molar refractivity (Wildman–Crippen MR) is 81.5 cm³/mol. The van der Waals surface area contributed by atoms with Crippen molar-refractivity contribution in [1.82, 2.24) is 9.55 Å². The standard InChI is InChI=1S/C16H11ClF2N2O/c17-13-3-1-2-12-14(13)20-9-21(16(12)22)8-10-4-6-11(7-5-10)15(18)19/h1-7,9,15H,8H2. The van der Waals surface area contributed by atoms with Crippen LogP contribution in [0.4, 0.5) is 8.78 Å². The van der Waals surface area contributed by atoms with Crippen LogP contribution >= 0.6 is 11.6 Å². The fourth-order valence-electron chi connectivity index (χ4n) is 2.23. The summed E-state index contributed by atoms with van der Waals surface area (Å²) in [6.45, 7) is 0.262. The molecule has 112 valence electrons. The molecule has 1 heterocycles. The summed E-state index contributed by atoms with van der Waals surface area (Å²) in [5, 5.41) is 0.849. The monoisotopic (exact) mass is 320 g/mol. The van der Waals surface area contributed by atoms with E-state index in [9.17, 15) is 13.6 Å². The highest BCUT2D eigenvalue weighted by Gasteiger charge is 2.09. The van der Waals surface area contributed by atoms with Gasteiger partial charge in [0.25, 0.3) is 12.0 Å². The number of rotatable bonds is 3. The predicted octanol–water partition coefficient (Wildman–Crippen LogP) is 4.04. The quantitative estimate of drug-likeness (QED) is 0.730. The Morgan fingerprint density at radius 3 is 2.55 bits per heavy atom. The van der Waals surface area contributed by atoms with Crippen LogP contribution in [0.5, 0.6) is 0 Å². The first kappa shape index (κ1) is 14.7. The summed E-state index contributed by atoms with van der Waals surface area (Å²) in [7, 11) is 0. The molecule has 3 rings (SSSR count). The Balaban J connectivity index is 1.97. The molecule has 0 saturated carbocycles. The molecule has 0 bridgehead atoms. The molecule has 0 spiro atoms. The second kappa shape index (κ2) is 5.85. The molecule has 3 nitrogen and oxygen atoms in total. The van der Waals surface area contributed by atoms with Gasteiger partial charge in [-0.3, -0.25) is 9.36 Å². The lowest BCUT2D eigenvalue weighted by molar-refractivity contribution is 0.151. The van der Waals surface area contributed by atoms with Gasteiger partial charge in [0.05, 0.1) is 28.8 Å². The van der Waals surface area contributed by atoms with Crippen molar-refractivity contribution in [2.45, 2.75) is 13.0 Å². The molecule has 6 heteroatoms. The van der Waals surface area contributed by atoms with Crippen LogP contribution in [0.2, 0.25) is 5.02 Å². The third-order valence-corrected chi connectivity index (χ3v) is 3.69. The first-order valence-electron chi connectivity index (χ1n) is 6.57. The van der Waals surface area contributed by atoms with E-state index in [0.717, 1.165) is 5.56 Å². The summed E-state index contributed by atoms with van der Waals surface area (Å²) < 4.78 is 26.5. The number of aromatic nitrogens is 2. The molecular weight excluding hydrogens is 310 g/mol. The minimum atomic E-state index is -2.50. The minimum absolute atomic E-state index is 0.0421. The molecule has 22 heavy (non-hydrogen) atoms. The zero-order valence-corrected chi connectivity index (χ0v) is 12.1. The molecule has 0 unspecified atom stereocenters. The van der Waals surface area contributed by atoms with Gasteiger partial charge in [0.2, 0.25) is 0 Å². The van der Waals surface area contributed by atoms with Crippen LogP contribution in [-0.4, -0.2) is 9.55 Å². The fraction of sp³-hybridized carbons (Fsp3) is 0.125. The zero-order valence-electron chi connectivity index (χ0n) is 11.3. The molecule has 0 fully saturated rings. The van der Waals surface area contributed by atoms with E-state index in [4.69, 9.17) is 11.6 Å². The van der Waals surface area contributed by atoms with Crippen LogP contribution in [0.15, 0.2) is 53.6 Å². The third kappa shape index (κ3) is 2.72. The molecule has 0 aliphatic heterocycles. The normalized spacial score (nSPS) is 11.3. The summed E-state index contributed by atoms with van der Waals surface area (Å²) in [5.41, 5.74) is 0.943. The van der Waals surface area contributed by atoms with Crippen LogP contribution in [0.1, 0.15) is 17.6 Å². The summed E-state index contributed by atoms with van der Waals surface area (Å²) in [6, 6.07) is 10.9. The largest absolute Gasteiger partial charge is 0.294 e. The van der Waals surface area contributed by atoms with Gasteiger partial charge >= 0.3 is 0 Å². The van der Waals surface area contributed by atoms with Gasteiger partial charge in [0.15, 0.2) is 0 Å². The topological polar surface area (TPSA) is 34.9 Å². The molecule has 0 radical (unpaired) electrons. The maximum Gasteiger partial charge on any atom is 0.263 e. The van der Waals surface area contributed by atoms with E-state index in [1.54, 1.807) is 30.3 Å². The molecule has 0 amide bonds. The van der Waals surface area contributed by atoms with Gasteiger partial charge in [-0.15, -0.1) is 0 Å². The first-order valence-corrected chi connectivity index (χ1v) is 6.94. The molecule has 0 aliphatic rings. The van der Waals surface area contributed by atoms with Crippen molar-refractivity contribution in [2.75, 3.05) is 0 Å². The highest BCUT2D eigenvalue weighted by atomic mass is 35.5. The van der Waals surface area contributed by atoms with Crippen LogP contribution in [0.25, 0.3) is 10.9 Å². The molecule has 0 saturated heterocycles. The number of halogens is 3. The molecule has 0 N–H and O–H groups in total. The maximum absolute atomic E-state index is 12.5. The highest BCUT2D eigenvalue weighted by molar-refractivity contribution is 6.34. The Morgan fingerprint density at radius 2 is 1.86 bits per heavy atom. The molecular formula is C16H11ClF2N2O. The number of benzene rings is 2. The molecule has 3 aromatic rings. The van der Waals surface area contributed by atoms with Crippen molar-refractivity contribution < 1.29 is 8.78 Å². The van der Waals surface area contributed by atoms with E-state index in [0.29, 0.717) is 15.9 Å². The van der Waals surface area contributed by atoms with Crippen molar-refractivity contribution in [3.05, 3.63) is 75.3 Å². The molecule has 2 aromatic carbocycles. The van der Waals surface area contributed by atoms with Crippen molar-refractivity contribution in [2.24, 2.45) is 0 Å². The number of para-hydroxylation sites is 1. The van der Waals surface area contributed by atoms with Crippen LogP contribution < -0.4 is 5.56 Å². The van der Waals surface area contributed by atoms with E-state index in [-0.39, 0.29) is 17.7 Å². The van der Waals surface area contributed by atoms with E-state index in [1.165, 1.54) is 23.0 Å². The maximum atomic E-state index is 12.5. The Labute approximate surface area is 129 Å². The van der Waals surface area contributed by atoms with Crippen LogP contribution in [0.3, 0.4) is 0 Å². The first-order chi connectivity index (χ1) is 10.6. The van der Waals surface area contributed by atoms with Gasteiger partial charge in [-0.25, -0.2) is 13.8 Å². The molecule has 1 aromatic heterocycles. The Morgan fingerprint density at radius 1 is 1.14 bits per heavy atom. The number of nitrogens with zero attached hydrogens (tertiary/aromatic N) is 2. The number of hydrogen-bond donors (Lipinski definition) is 0. The smallest absolute Gasteiger partial charge is 0.263 e. The zero-order chi connectivity index (χ0) is 15.7. The average Bonchev–Trinajstić information content (AvgIpc) is 2.51. The van der Waals surface area contributed by atoms with Crippen molar-refractivity contribution >= 4 is 22.5 Å². The Kier molecular flexibility index (Phi) is 3.90. The molecule has 0 atom stereocenters. The lowest BCUT2D eigenvalue weighted by Gasteiger charge is -2.08. The van der Waals surface area contributed by atoms with Gasteiger partial charge in [-0.1, -0.05) is 41.9 Å². The van der Waals surface area contributed by atoms with Crippen LogP contribution in [-0.2, 0) is 6.54 Å². The minimum Gasteiger partial charge on any atom is -0.294 e. The fourth-order valence-corrected chi connectivity index (χ4v) is 2.45. The van der Waals surface area contributed by atoms with Gasteiger partial charge in [-0.2, -0.15) is 0 Å². The number of fused-ring (bicyclic) bond motifs is 1. The summed E-state index contributed by atoms with van der Waals surface area (Å²) >= 11 is 6.01. The van der Waals surface area contributed by atoms with E-state index < -0.39 is 6.43 Å². The third-order valence-electron chi connectivity index (χ3n) is 3.39. The van der Waals surface area contributed by atoms with Crippen molar-refractivity contribution in [1.29, 1.82) is 0 Å². The van der Waals surface area contributed by atoms with Crippen molar-refractivity contribution in [3.8, 4) is 0 Å². The summed E-state index contributed by atoms with van der Waals surface area (Å²) in [6.07, 6.45) is -1.08. The SMILES string of the molecule is O=c1c2cccc(Cl)c2ncn1Cc1ccc(C(F)F)cc1. The lowest BCUT2D eigenvalue weighted by Crippen LogP contribution is -2.21. The van der Waals surface area contributed by atoms with Gasteiger partial charge < -0.3 is 0 Å². The van der Waals surface area contributed by atoms with Crippen LogP contribution in [0, 0.1) is 0 Å². The Bertz CT molecular complexity index is 875. The lowest BCUT2D eigenvalue weighted by atomic mass is 10.1. The highest BCUT2D eigenvalue weighted by Crippen LogP contribution is 2.20. The summed E-state index contributed by atoms with van der Waals surface area (Å²) in [5.74, 6) is 0. The Hall–Kier alpha value is -2.27. The number of hydrogen-bond acceptors (Lipinski definition) is 2. The second-order valence-electron chi connectivity index (χ2n) is 4.86. The van der Waals surface area contributed by atoms with Crippen molar-refractivity contribution in [3.63, 3.8) is 0 Å². The number of alkyl halides is 2. The van der Waals surface area contributed by atoms with E-state index >= 15 is 0 Å². The van der Waals surface area contributed by atoms with Gasteiger partial charge in [0, 0.05) is 5.56 Å². The van der Waals surface area contributed by atoms with E-state index in [1.807, 2.05) is 0 Å². The van der Waals surface area contributed by atoms with Gasteiger partial charge in [0.1, 0.15) is 0 Å². The van der Waals surface area contributed by atoms with E-state index in [2.05, 4.69) is 4.98 Å². The second-order valence-corrected chi connectivity index (χ2v) is 5.26. The summed E-state index contributed by atoms with van der Waals surface area (Å²) in [4.78, 5) is 16.6. The average molecular weight is 321 g/mol. The molecule has 0 aliphatic carbocycles.